The maximum atomic E-state index is 11.2. The zero-order valence-corrected chi connectivity index (χ0v) is 7.19. The number of ketones is 1. The molecule has 1 atom stereocenters. The molecule has 12 heavy (non-hydrogen) atoms. The van der Waals surface area contributed by atoms with E-state index in [2.05, 4.69) is 10.1 Å². The SMILES string of the molecule is CC(N)C(=O)Cc1ncnn1C. The Morgan fingerprint density at radius 1 is 1.83 bits per heavy atom. The van der Waals surface area contributed by atoms with Crippen LogP contribution in [0.2, 0.25) is 0 Å². The number of carbonyl (C=O) groups is 1. The summed E-state index contributed by atoms with van der Waals surface area (Å²) in [6.07, 6.45) is 1.68. The van der Waals surface area contributed by atoms with Gasteiger partial charge in [-0.2, -0.15) is 5.10 Å². The zero-order chi connectivity index (χ0) is 9.14. The normalized spacial score (nSPS) is 12.9. The molecule has 0 spiro atoms. The molecule has 5 nitrogen and oxygen atoms in total. The van der Waals surface area contributed by atoms with Gasteiger partial charge in [0.2, 0.25) is 0 Å². The van der Waals surface area contributed by atoms with Gasteiger partial charge in [0.1, 0.15) is 12.2 Å². The highest BCUT2D eigenvalue weighted by atomic mass is 16.1. The zero-order valence-electron chi connectivity index (χ0n) is 7.19. The third kappa shape index (κ3) is 1.88. The highest BCUT2D eigenvalue weighted by Gasteiger charge is 2.11. The molecule has 0 aliphatic heterocycles. The van der Waals surface area contributed by atoms with Gasteiger partial charge in [0.25, 0.3) is 0 Å². The first-order valence-corrected chi connectivity index (χ1v) is 3.72. The molecule has 0 saturated carbocycles. The van der Waals surface area contributed by atoms with Crippen molar-refractivity contribution in [2.24, 2.45) is 12.8 Å². The summed E-state index contributed by atoms with van der Waals surface area (Å²) < 4.78 is 1.57. The summed E-state index contributed by atoms with van der Waals surface area (Å²) in [5.41, 5.74) is 5.40. The predicted molar refractivity (Wildman–Crippen MR) is 43.4 cm³/mol. The third-order valence-corrected chi connectivity index (χ3v) is 1.65. The van der Waals surface area contributed by atoms with Crippen LogP contribution >= 0.6 is 0 Å². The smallest absolute Gasteiger partial charge is 0.156 e. The second-order valence-electron chi connectivity index (χ2n) is 2.73. The molecule has 0 aromatic carbocycles. The largest absolute Gasteiger partial charge is 0.322 e. The van der Waals surface area contributed by atoms with Crippen LogP contribution in [-0.4, -0.2) is 26.6 Å². The molecule has 1 aromatic rings. The molecule has 5 heteroatoms. The van der Waals surface area contributed by atoms with E-state index < -0.39 is 6.04 Å². The van der Waals surface area contributed by atoms with E-state index in [1.807, 2.05) is 0 Å². The van der Waals surface area contributed by atoms with Crippen LogP contribution in [0, 0.1) is 0 Å². The molecule has 0 saturated heterocycles. The number of hydrogen-bond donors (Lipinski definition) is 1. The van der Waals surface area contributed by atoms with Crippen LogP contribution in [0.3, 0.4) is 0 Å². The van der Waals surface area contributed by atoms with Crippen molar-refractivity contribution in [1.82, 2.24) is 14.8 Å². The van der Waals surface area contributed by atoms with Crippen molar-refractivity contribution in [3.05, 3.63) is 12.2 Å². The van der Waals surface area contributed by atoms with E-state index in [1.54, 1.807) is 18.7 Å². The fourth-order valence-corrected chi connectivity index (χ4v) is 0.797. The topological polar surface area (TPSA) is 73.8 Å². The molecule has 2 N–H and O–H groups in total. The van der Waals surface area contributed by atoms with Crippen LogP contribution in [-0.2, 0) is 18.3 Å². The third-order valence-electron chi connectivity index (χ3n) is 1.65. The summed E-state index contributed by atoms with van der Waals surface area (Å²) in [5.74, 6) is 0.628. The van der Waals surface area contributed by atoms with Gasteiger partial charge in [-0.15, -0.1) is 0 Å². The Hall–Kier alpha value is -1.23. The Balaban J connectivity index is 2.64. The summed E-state index contributed by atoms with van der Waals surface area (Å²) in [7, 11) is 1.75. The summed E-state index contributed by atoms with van der Waals surface area (Å²) in [5, 5.41) is 3.84. The first kappa shape index (κ1) is 8.86. The number of rotatable bonds is 3. The predicted octanol–water partition coefficient (Wildman–Crippen LogP) is -0.726. The van der Waals surface area contributed by atoms with Gasteiger partial charge in [0, 0.05) is 7.05 Å². The van der Waals surface area contributed by atoms with Crippen molar-refractivity contribution in [2.45, 2.75) is 19.4 Å². The van der Waals surface area contributed by atoms with Crippen LogP contribution in [0.4, 0.5) is 0 Å². The Morgan fingerprint density at radius 2 is 2.50 bits per heavy atom. The molecule has 1 heterocycles. The molecule has 1 unspecified atom stereocenters. The highest BCUT2D eigenvalue weighted by molar-refractivity contribution is 5.84. The number of hydrogen-bond acceptors (Lipinski definition) is 4. The second kappa shape index (κ2) is 3.44. The Bertz CT molecular complexity index is 279. The minimum absolute atomic E-state index is 0.0221. The molecule has 0 aliphatic carbocycles. The van der Waals surface area contributed by atoms with Crippen molar-refractivity contribution in [2.75, 3.05) is 0 Å². The van der Waals surface area contributed by atoms with E-state index >= 15 is 0 Å². The Kier molecular flexibility index (Phi) is 2.54. The lowest BCUT2D eigenvalue weighted by Gasteiger charge is -2.02. The van der Waals surface area contributed by atoms with Gasteiger partial charge in [-0.3, -0.25) is 9.48 Å². The lowest BCUT2D eigenvalue weighted by molar-refractivity contribution is -0.119. The first-order chi connectivity index (χ1) is 5.61. The van der Waals surface area contributed by atoms with Gasteiger partial charge in [-0.05, 0) is 6.92 Å². The number of Topliss-reactive ketones (excluding diaryl/α,β-unsaturated/α-hetero) is 1. The van der Waals surface area contributed by atoms with Crippen molar-refractivity contribution >= 4 is 5.78 Å². The standard InChI is InChI=1S/C7H12N4O/c1-5(8)6(12)3-7-9-4-10-11(7)2/h4-5H,3,8H2,1-2H3. The Morgan fingerprint density at radius 3 is 2.92 bits per heavy atom. The molecule has 66 valence electrons. The molecule has 0 bridgehead atoms. The van der Waals surface area contributed by atoms with Crippen LogP contribution in [0.25, 0.3) is 0 Å². The fraction of sp³-hybridized carbons (Fsp3) is 0.571. The number of aryl methyl sites for hydroxylation is 1. The molecule has 1 aromatic heterocycles. The number of carbonyl (C=O) groups excluding carboxylic acids is 1. The van der Waals surface area contributed by atoms with Gasteiger partial charge >= 0.3 is 0 Å². The fourth-order valence-electron chi connectivity index (χ4n) is 0.797. The van der Waals surface area contributed by atoms with Crippen LogP contribution < -0.4 is 5.73 Å². The summed E-state index contributed by atoms with van der Waals surface area (Å²) in [6.45, 7) is 1.67. The average molecular weight is 168 g/mol. The van der Waals surface area contributed by atoms with Gasteiger partial charge in [0.05, 0.1) is 12.5 Å². The molecule has 0 aliphatic rings. The lowest BCUT2D eigenvalue weighted by Crippen LogP contribution is -2.29. The monoisotopic (exact) mass is 168 g/mol. The number of nitrogens with two attached hydrogens (primary N) is 1. The van der Waals surface area contributed by atoms with Crippen LogP contribution in [0.15, 0.2) is 6.33 Å². The molecular formula is C7H12N4O. The minimum atomic E-state index is -0.429. The molecule has 1 rings (SSSR count). The van der Waals surface area contributed by atoms with Gasteiger partial charge in [0.15, 0.2) is 5.78 Å². The van der Waals surface area contributed by atoms with E-state index in [0.29, 0.717) is 5.82 Å². The minimum Gasteiger partial charge on any atom is -0.322 e. The molecule has 0 amide bonds. The van der Waals surface area contributed by atoms with Gasteiger partial charge in [-0.25, -0.2) is 4.98 Å². The number of nitrogens with zero attached hydrogens (tertiary/aromatic N) is 3. The highest BCUT2D eigenvalue weighted by Crippen LogP contribution is 1.95. The number of aromatic nitrogens is 3. The van der Waals surface area contributed by atoms with Crippen molar-refractivity contribution in [3.8, 4) is 0 Å². The quantitative estimate of drug-likeness (QED) is 0.646. The van der Waals surface area contributed by atoms with Gasteiger partial charge in [-0.1, -0.05) is 0 Å². The van der Waals surface area contributed by atoms with Crippen molar-refractivity contribution < 1.29 is 4.79 Å². The molecular weight excluding hydrogens is 156 g/mol. The van der Waals surface area contributed by atoms with Crippen molar-refractivity contribution in [1.29, 1.82) is 0 Å². The van der Waals surface area contributed by atoms with Crippen molar-refractivity contribution in [3.63, 3.8) is 0 Å². The maximum Gasteiger partial charge on any atom is 0.156 e. The molecule has 0 radical (unpaired) electrons. The van der Waals surface area contributed by atoms with E-state index in [9.17, 15) is 4.79 Å². The molecule has 0 fully saturated rings. The first-order valence-electron chi connectivity index (χ1n) is 3.72. The van der Waals surface area contributed by atoms with Crippen LogP contribution in [0.1, 0.15) is 12.7 Å². The van der Waals surface area contributed by atoms with Gasteiger partial charge < -0.3 is 5.73 Å². The summed E-state index contributed by atoms with van der Waals surface area (Å²) in [4.78, 5) is 15.1. The maximum absolute atomic E-state index is 11.2. The Labute approximate surface area is 70.6 Å². The van der Waals surface area contributed by atoms with E-state index in [1.165, 1.54) is 6.33 Å². The van der Waals surface area contributed by atoms with E-state index in [0.717, 1.165) is 0 Å². The second-order valence-corrected chi connectivity index (χ2v) is 2.73. The van der Waals surface area contributed by atoms with E-state index in [4.69, 9.17) is 5.73 Å². The average Bonchev–Trinajstić information content (AvgIpc) is 2.36. The summed E-state index contributed by atoms with van der Waals surface area (Å²) in [6, 6.07) is -0.429. The summed E-state index contributed by atoms with van der Waals surface area (Å²) >= 11 is 0. The van der Waals surface area contributed by atoms with Crippen LogP contribution in [0.5, 0.6) is 0 Å². The lowest BCUT2D eigenvalue weighted by atomic mass is 10.1. The van der Waals surface area contributed by atoms with E-state index in [-0.39, 0.29) is 12.2 Å².